The van der Waals surface area contributed by atoms with Crippen molar-refractivity contribution in [3.63, 3.8) is 0 Å². The van der Waals surface area contributed by atoms with Crippen molar-refractivity contribution >= 4 is 40.1 Å². The van der Waals surface area contributed by atoms with Gasteiger partial charge in [-0.3, -0.25) is 4.79 Å². The van der Waals surface area contributed by atoms with Gasteiger partial charge in [-0.25, -0.2) is 4.98 Å². The number of hydrogen-bond acceptors (Lipinski definition) is 5. The molecule has 0 spiro atoms. The number of halogens is 1. The van der Waals surface area contributed by atoms with E-state index in [0.29, 0.717) is 23.1 Å². The lowest BCUT2D eigenvalue weighted by atomic mass is 9.96. The largest absolute Gasteiger partial charge is 0.443 e. The van der Waals surface area contributed by atoms with Crippen molar-refractivity contribution in [2.45, 2.75) is 40.5 Å². The summed E-state index contributed by atoms with van der Waals surface area (Å²) >= 11 is 6.02. The van der Waals surface area contributed by atoms with Gasteiger partial charge in [0.05, 0.1) is 11.3 Å². The average Bonchev–Trinajstić information content (AvgIpc) is 2.97. The molecule has 1 N–H and O–H groups in total. The molecule has 1 aromatic carbocycles. The van der Waals surface area contributed by atoms with Crippen molar-refractivity contribution < 1.29 is 9.21 Å². The van der Waals surface area contributed by atoms with Crippen LogP contribution >= 0.6 is 11.6 Å². The number of aryl methyl sites for hydroxylation is 4. The van der Waals surface area contributed by atoms with Crippen LogP contribution in [0.5, 0.6) is 0 Å². The number of furan rings is 1. The van der Waals surface area contributed by atoms with Gasteiger partial charge in [0.15, 0.2) is 0 Å². The van der Waals surface area contributed by atoms with Crippen LogP contribution in [0, 0.1) is 33.6 Å². The molecule has 7 heteroatoms. The Bertz CT molecular complexity index is 1090. The fourth-order valence-electron chi connectivity index (χ4n) is 3.95. The quantitative estimate of drug-likeness (QED) is 0.657. The summed E-state index contributed by atoms with van der Waals surface area (Å²) in [7, 11) is 0. The number of carbonyl (C=O) groups is 1. The maximum Gasteiger partial charge on any atom is 0.231 e. The zero-order valence-corrected chi connectivity index (χ0v) is 17.9. The van der Waals surface area contributed by atoms with E-state index in [2.05, 4.69) is 15.2 Å². The molecule has 2 aromatic heterocycles. The van der Waals surface area contributed by atoms with Crippen molar-refractivity contribution in [1.29, 1.82) is 0 Å². The molecule has 0 aliphatic carbocycles. The Hall–Kier alpha value is -2.60. The van der Waals surface area contributed by atoms with Gasteiger partial charge in [0.2, 0.25) is 11.6 Å². The molecule has 6 nitrogen and oxygen atoms in total. The molecule has 0 saturated carbocycles. The van der Waals surface area contributed by atoms with Gasteiger partial charge in [0.1, 0.15) is 17.4 Å². The molecule has 0 unspecified atom stereocenters. The van der Waals surface area contributed by atoms with Crippen molar-refractivity contribution in [2.75, 3.05) is 23.3 Å². The third kappa shape index (κ3) is 3.81. The van der Waals surface area contributed by atoms with Crippen molar-refractivity contribution in [3.05, 3.63) is 45.9 Å². The Morgan fingerprint density at radius 1 is 1.24 bits per heavy atom. The van der Waals surface area contributed by atoms with E-state index >= 15 is 0 Å². The molecule has 1 aliphatic heterocycles. The summed E-state index contributed by atoms with van der Waals surface area (Å²) in [5.41, 5.74) is 3.43. The Labute approximate surface area is 175 Å². The minimum absolute atomic E-state index is 0.0299. The lowest BCUT2D eigenvalue weighted by Gasteiger charge is -2.33. The van der Waals surface area contributed by atoms with Crippen LogP contribution in [0.4, 0.5) is 11.5 Å². The molecule has 1 saturated heterocycles. The lowest BCUT2D eigenvalue weighted by Crippen LogP contribution is -2.41. The standard InChI is InChI=1S/C22H25ClN4O2/c1-12-10-17(23)7-8-18(12)26-21(28)16-6-5-9-27(11-16)20-19-13(2)14(3)29-22(19)25-15(4)24-20/h7-8,10,16H,5-6,9,11H2,1-4H3,(H,26,28)/t16-/m1/s1. The van der Waals surface area contributed by atoms with Gasteiger partial charge in [0, 0.05) is 29.4 Å². The zero-order valence-electron chi connectivity index (χ0n) is 17.2. The summed E-state index contributed by atoms with van der Waals surface area (Å²) in [6.07, 6.45) is 1.78. The molecule has 1 amide bonds. The number of benzene rings is 1. The Morgan fingerprint density at radius 3 is 2.79 bits per heavy atom. The van der Waals surface area contributed by atoms with Crippen LogP contribution in [0.3, 0.4) is 0 Å². The van der Waals surface area contributed by atoms with Crippen LogP contribution in [-0.4, -0.2) is 29.0 Å². The average molecular weight is 413 g/mol. The van der Waals surface area contributed by atoms with E-state index in [0.717, 1.165) is 53.2 Å². The number of piperidine rings is 1. The van der Waals surface area contributed by atoms with E-state index in [1.807, 2.05) is 39.8 Å². The first-order valence-corrected chi connectivity index (χ1v) is 10.3. The normalized spacial score (nSPS) is 17.0. The number of nitrogens with one attached hydrogen (secondary N) is 1. The lowest BCUT2D eigenvalue weighted by molar-refractivity contribution is -0.120. The van der Waals surface area contributed by atoms with E-state index < -0.39 is 0 Å². The zero-order chi connectivity index (χ0) is 20.7. The van der Waals surface area contributed by atoms with Crippen molar-refractivity contribution in [2.24, 2.45) is 5.92 Å². The first-order chi connectivity index (χ1) is 13.8. The summed E-state index contributed by atoms with van der Waals surface area (Å²) in [6.45, 7) is 9.26. The van der Waals surface area contributed by atoms with E-state index in [-0.39, 0.29) is 11.8 Å². The molecule has 29 heavy (non-hydrogen) atoms. The van der Waals surface area contributed by atoms with Gasteiger partial charge in [-0.15, -0.1) is 0 Å². The van der Waals surface area contributed by atoms with Gasteiger partial charge in [-0.1, -0.05) is 11.6 Å². The van der Waals surface area contributed by atoms with Crippen LogP contribution in [0.25, 0.3) is 11.1 Å². The summed E-state index contributed by atoms with van der Waals surface area (Å²) in [6, 6.07) is 5.50. The number of fused-ring (bicyclic) bond motifs is 1. The minimum Gasteiger partial charge on any atom is -0.443 e. The first-order valence-electron chi connectivity index (χ1n) is 9.90. The SMILES string of the molecule is Cc1nc(N2CCC[C@@H](C(=O)Nc3ccc(Cl)cc3C)C2)c2c(C)c(C)oc2n1. The Morgan fingerprint density at radius 2 is 2.03 bits per heavy atom. The Kier molecular flexibility index (Phi) is 5.21. The maximum atomic E-state index is 13.0. The number of amides is 1. The highest BCUT2D eigenvalue weighted by Gasteiger charge is 2.29. The predicted octanol–water partition coefficient (Wildman–Crippen LogP) is 4.96. The van der Waals surface area contributed by atoms with Crippen molar-refractivity contribution in [3.8, 4) is 0 Å². The molecule has 0 radical (unpaired) electrons. The predicted molar refractivity (Wildman–Crippen MR) is 116 cm³/mol. The highest BCUT2D eigenvalue weighted by molar-refractivity contribution is 6.30. The highest BCUT2D eigenvalue weighted by Crippen LogP contribution is 2.33. The van der Waals surface area contributed by atoms with Gasteiger partial charge in [0.25, 0.3) is 0 Å². The molecular formula is C22H25ClN4O2. The molecular weight excluding hydrogens is 388 g/mol. The summed E-state index contributed by atoms with van der Waals surface area (Å²) in [5, 5.41) is 4.68. The number of rotatable bonds is 3. The highest BCUT2D eigenvalue weighted by atomic mass is 35.5. The number of aromatic nitrogens is 2. The number of carbonyl (C=O) groups excluding carboxylic acids is 1. The second-order valence-electron chi connectivity index (χ2n) is 7.79. The molecule has 1 fully saturated rings. The minimum atomic E-state index is -0.113. The fraction of sp³-hybridized carbons (Fsp3) is 0.409. The van der Waals surface area contributed by atoms with Crippen molar-refractivity contribution in [1.82, 2.24) is 9.97 Å². The molecule has 3 aromatic rings. The molecule has 152 valence electrons. The fourth-order valence-corrected chi connectivity index (χ4v) is 4.17. The Balaban J connectivity index is 1.59. The second kappa shape index (κ2) is 7.67. The van der Waals surface area contributed by atoms with E-state index in [1.165, 1.54) is 0 Å². The smallest absolute Gasteiger partial charge is 0.231 e. The van der Waals surface area contributed by atoms with Crippen LogP contribution in [-0.2, 0) is 4.79 Å². The molecule has 1 atom stereocenters. The maximum absolute atomic E-state index is 13.0. The van der Waals surface area contributed by atoms with E-state index in [1.54, 1.807) is 6.07 Å². The van der Waals surface area contributed by atoms with Gasteiger partial charge >= 0.3 is 0 Å². The topological polar surface area (TPSA) is 71.3 Å². The third-order valence-corrected chi connectivity index (χ3v) is 5.89. The van der Waals surface area contributed by atoms with E-state index in [9.17, 15) is 4.79 Å². The number of hydrogen-bond donors (Lipinski definition) is 1. The number of anilines is 2. The van der Waals surface area contributed by atoms with Gasteiger partial charge < -0.3 is 14.6 Å². The van der Waals surface area contributed by atoms with Gasteiger partial charge in [-0.2, -0.15) is 4.98 Å². The van der Waals surface area contributed by atoms with Crippen LogP contribution in [0.1, 0.15) is 35.6 Å². The van der Waals surface area contributed by atoms with Gasteiger partial charge in [-0.05, 0) is 64.3 Å². The first kappa shape index (κ1) is 19.7. The summed E-state index contributed by atoms with van der Waals surface area (Å²) in [4.78, 5) is 24.3. The second-order valence-corrected chi connectivity index (χ2v) is 8.23. The van der Waals surface area contributed by atoms with Crippen LogP contribution in [0.2, 0.25) is 5.02 Å². The molecule has 4 rings (SSSR count). The third-order valence-electron chi connectivity index (χ3n) is 5.66. The van der Waals surface area contributed by atoms with Crippen LogP contribution in [0.15, 0.2) is 22.6 Å². The number of nitrogens with zero attached hydrogens (tertiary/aromatic N) is 3. The molecule has 0 bridgehead atoms. The molecule has 1 aliphatic rings. The van der Waals surface area contributed by atoms with Crippen LogP contribution < -0.4 is 10.2 Å². The summed E-state index contributed by atoms with van der Waals surface area (Å²) in [5.74, 6) is 2.30. The summed E-state index contributed by atoms with van der Waals surface area (Å²) < 4.78 is 5.82. The van der Waals surface area contributed by atoms with E-state index in [4.69, 9.17) is 21.0 Å². The monoisotopic (exact) mass is 412 g/mol. The molecule has 3 heterocycles.